The van der Waals surface area contributed by atoms with Crippen LogP contribution in [-0.4, -0.2) is 28.1 Å². The third-order valence-electron chi connectivity index (χ3n) is 2.61. The van der Waals surface area contributed by atoms with Gasteiger partial charge in [-0.1, -0.05) is 36.2 Å². The van der Waals surface area contributed by atoms with Crippen molar-refractivity contribution in [3.8, 4) is 17.4 Å². The maximum Gasteiger partial charge on any atom is 0.321 e. The summed E-state index contributed by atoms with van der Waals surface area (Å²) >= 11 is 12.3. The van der Waals surface area contributed by atoms with Crippen molar-refractivity contribution in [1.29, 1.82) is 0 Å². The van der Waals surface area contributed by atoms with E-state index in [1.54, 1.807) is 12.1 Å². The van der Waals surface area contributed by atoms with Crippen LogP contribution in [0.2, 0.25) is 10.0 Å². The molecule has 0 unspecified atom stereocenters. The van der Waals surface area contributed by atoms with E-state index in [9.17, 15) is 0 Å². The van der Waals surface area contributed by atoms with Crippen molar-refractivity contribution in [1.82, 2.24) is 15.0 Å². The van der Waals surface area contributed by atoms with Crippen LogP contribution in [0.1, 0.15) is 20.3 Å². The average Bonchev–Trinajstić information content (AvgIpc) is 2.48. The molecule has 0 spiro atoms. The van der Waals surface area contributed by atoms with E-state index < -0.39 is 0 Å². The van der Waals surface area contributed by atoms with Crippen LogP contribution in [0.4, 0.5) is 5.95 Å². The van der Waals surface area contributed by atoms with E-state index in [1.165, 1.54) is 0 Å². The molecular weight excluding hydrogens is 311 g/mol. The van der Waals surface area contributed by atoms with Crippen LogP contribution in [0, 0.1) is 0 Å². The van der Waals surface area contributed by atoms with Gasteiger partial charge in [-0.05, 0) is 25.5 Å². The minimum Gasteiger partial charge on any atom is -0.464 e. The van der Waals surface area contributed by atoms with Crippen LogP contribution in [0.3, 0.4) is 0 Å². The van der Waals surface area contributed by atoms with Crippen molar-refractivity contribution in [2.75, 3.05) is 18.5 Å². The van der Waals surface area contributed by atoms with Crippen molar-refractivity contribution in [2.45, 2.75) is 20.3 Å². The predicted molar refractivity (Wildman–Crippen MR) is 85.2 cm³/mol. The van der Waals surface area contributed by atoms with Crippen molar-refractivity contribution in [2.24, 2.45) is 0 Å². The normalized spacial score (nSPS) is 10.5. The Bertz CT molecular complexity index is 622. The second-order valence-electron chi connectivity index (χ2n) is 4.23. The number of rotatable bonds is 6. The third kappa shape index (κ3) is 3.95. The maximum atomic E-state index is 6.22. The van der Waals surface area contributed by atoms with Crippen LogP contribution >= 0.6 is 23.2 Å². The first-order chi connectivity index (χ1) is 10.2. The summed E-state index contributed by atoms with van der Waals surface area (Å²) in [6.07, 6.45) is 0.961. The molecule has 0 aliphatic heterocycles. The molecule has 1 N–H and O–H groups in total. The van der Waals surface area contributed by atoms with E-state index in [2.05, 4.69) is 27.2 Å². The zero-order valence-electron chi connectivity index (χ0n) is 11.9. The fourth-order valence-electron chi connectivity index (χ4n) is 1.66. The Labute approximate surface area is 133 Å². The summed E-state index contributed by atoms with van der Waals surface area (Å²) < 4.78 is 5.38. The summed E-state index contributed by atoms with van der Waals surface area (Å²) in [5, 5.41) is 3.98. The number of hydrogen-bond donors (Lipinski definition) is 1. The van der Waals surface area contributed by atoms with E-state index in [4.69, 9.17) is 27.9 Å². The molecule has 2 aromatic rings. The number of hydrogen-bond acceptors (Lipinski definition) is 5. The van der Waals surface area contributed by atoms with Crippen molar-refractivity contribution >= 4 is 29.2 Å². The first-order valence-electron chi connectivity index (χ1n) is 6.72. The van der Waals surface area contributed by atoms with E-state index in [0.29, 0.717) is 34.0 Å². The highest BCUT2D eigenvalue weighted by molar-refractivity contribution is 6.43. The molecule has 0 fully saturated rings. The van der Waals surface area contributed by atoms with Crippen molar-refractivity contribution in [3.05, 3.63) is 28.2 Å². The molecule has 0 aliphatic carbocycles. The summed E-state index contributed by atoms with van der Waals surface area (Å²) in [5.74, 6) is 0.890. The molecule has 0 amide bonds. The molecule has 0 saturated heterocycles. The van der Waals surface area contributed by atoms with Crippen molar-refractivity contribution < 1.29 is 4.74 Å². The van der Waals surface area contributed by atoms with Gasteiger partial charge < -0.3 is 10.1 Å². The van der Waals surface area contributed by atoms with Gasteiger partial charge in [0.05, 0.1) is 16.7 Å². The number of nitrogens with zero attached hydrogens (tertiary/aromatic N) is 3. The molecule has 7 heteroatoms. The fraction of sp³-hybridized carbons (Fsp3) is 0.357. The molecular formula is C14H16Cl2N4O. The Balaban J connectivity index is 2.45. The minimum atomic E-state index is 0.261. The van der Waals surface area contributed by atoms with Gasteiger partial charge in [0.15, 0.2) is 5.82 Å². The lowest BCUT2D eigenvalue weighted by atomic mass is 10.2. The number of benzene rings is 1. The molecule has 112 valence electrons. The van der Waals surface area contributed by atoms with Gasteiger partial charge in [-0.2, -0.15) is 15.0 Å². The lowest BCUT2D eigenvalue weighted by Crippen LogP contribution is -2.08. The number of ether oxygens (including phenoxy) is 1. The summed E-state index contributed by atoms with van der Waals surface area (Å²) in [5.41, 5.74) is 0.645. The van der Waals surface area contributed by atoms with Crippen LogP contribution in [0.15, 0.2) is 18.2 Å². The molecule has 1 heterocycles. The largest absolute Gasteiger partial charge is 0.464 e. The summed E-state index contributed by atoms with van der Waals surface area (Å²) in [6, 6.07) is 5.58. The Morgan fingerprint density at radius 1 is 1.14 bits per heavy atom. The molecule has 5 nitrogen and oxygen atoms in total. The second-order valence-corrected chi connectivity index (χ2v) is 5.01. The van der Waals surface area contributed by atoms with E-state index >= 15 is 0 Å². The molecule has 0 bridgehead atoms. The van der Waals surface area contributed by atoms with E-state index in [0.717, 1.165) is 13.0 Å². The van der Waals surface area contributed by atoms with Crippen LogP contribution < -0.4 is 10.1 Å². The van der Waals surface area contributed by atoms with Crippen LogP contribution in [-0.2, 0) is 0 Å². The molecule has 0 atom stereocenters. The van der Waals surface area contributed by atoms with Gasteiger partial charge in [0.1, 0.15) is 0 Å². The topological polar surface area (TPSA) is 59.9 Å². The molecule has 1 aromatic carbocycles. The van der Waals surface area contributed by atoms with Gasteiger partial charge in [0.25, 0.3) is 0 Å². The van der Waals surface area contributed by atoms with Crippen molar-refractivity contribution in [3.63, 3.8) is 0 Å². The highest BCUT2D eigenvalue weighted by Gasteiger charge is 2.13. The highest BCUT2D eigenvalue weighted by Crippen LogP contribution is 2.32. The number of nitrogens with one attached hydrogen (secondary N) is 1. The smallest absolute Gasteiger partial charge is 0.321 e. The van der Waals surface area contributed by atoms with Gasteiger partial charge in [0, 0.05) is 12.1 Å². The lowest BCUT2D eigenvalue weighted by Gasteiger charge is -2.09. The molecule has 0 aliphatic rings. The number of anilines is 1. The van der Waals surface area contributed by atoms with Gasteiger partial charge in [-0.25, -0.2) is 0 Å². The van der Waals surface area contributed by atoms with E-state index in [1.807, 2.05) is 13.0 Å². The maximum absolute atomic E-state index is 6.22. The molecule has 0 radical (unpaired) electrons. The zero-order chi connectivity index (χ0) is 15.2. The monoisotopic (exact) mass is 326 g/mol. The van der Waals surface area contributed by atoms with E-state index in [-0.39, 0.29) is 6.01 Å². The Morgan fingerprint density at radius 2 is 1.95 bits per heavy atom. The van der Waals surface area contributed by atoms with Gasteiger partial charge in [-0.15, -0.1) is 0 Å². The first-order valence-corrected chi connectivity index (χ1v) is 7.48. The molecule has 0 saturated carbocycles. The molecule has 21 heavy (non-hydrogen) atoms. The molecule has 2 rings (SSSR count). The van der Waals surface area contributed by atoms with Crippen LogP contribution in [0.5, 0.6) is 6.01 Å². The average molecular weight is 327 g/mol. The van der Waals surface area contributed by atoms with Gasteiger partial charge in [-0.3, -0.25) is 0 Å². The Morgan fingerprint density at radius 3 is 2.67 bits per heavy atom. The standard InChI is InChI=1S/C14H16Cl2N4O/c1-3-8-17-13-18-12(19-14(20-13)21-4-2)9-6-5-7-10(15)11(9)16/h5-7H,3-4,8H2,1-2H3,(H,17,18,19,20). The van der Waals surface area contributed by atoms with Gasteiger partial charge in [0.2, 0.25) is 5.95 Å². The minimum absolute atomic E-state index is 0.261. The number of halogens is 2. The SMILES string of the molecule is CCCNc1nc(OCC)nc(-c2cccc(Cl)c2Cl)n1. The second kappa shape index (κ2) is 7.43. The third-order valence-corrected chi connectivity index (χ3v) is 3.43. The quantitative estimate of drug-likeness (QED) is 0.867. The van der Waals surface area contributed by atoms with Gasteiger partial charge >= 0.3 is 6.01 Å². The number of aromatic nitrogens is 3. The first kappa shape index (κ1) is 15.8. The zero-order valence-corrected chi connectivity index (χ0v) is 13.4. The highest BCUT2D eigenvalue weighted by atomic mass is 35.5. The summed E-state index contributed by atoms with van der Waals surface area (Å²) in [7, 11) is 0. The summed E-state index contributed by atoms with van der Waals surface area (Å²) in [4.78, 5) is 12.9. The Kier molecular flexibility index (Phi) is 5.59. The predicted octanol–water partition coefficient (Wildman–Crippen LogP) is 4.07. The van der Waals surface area contributed by atoms with Crippen LogP contribution in [0.25, 0.3) is 11.4 Å². The molecule has 1 aromatic heterocycles. The lowest BCUT2D eigenvalue weighted by molar-refractivity contribution is 0.312. The summed E-state index contributed by atoms with van der Waals surface area (Å²) in [6.45, 7) is 5.17. The fourth-order valence-corrected chi connectivity index (χ4v) is 2.05. The Hall–Kier alpha value is -1.59.